The van der Waals surface area contributed by atoms with Crippen molar-refractivity contribution >= 4 is 11.7 Å². The predicted molar refractivity (Wildman–Crippen MR) is 115 cm³/mol. The van der Waals surface area contributed by atoms with E-state index < -0.39 is 0 Å². The highest BCUT2D eigenvalue weighted by Crippen LogP contribution is 2.31. The van der Waals surface area contributed by atoms with Crippen LogP contribution in [0.3, 0.4) is 0 Å². The molecule has 4 aromatic rings. The number of rotatable bonds is 7. The molecule has 3 heterocycles. The van der Waals surface area contributed by atoms with Crippen LogP contribution in [0, 0.1) is 6.92 Å². The van der Waals surface area contributed by atoms with Gasteiger partial charge < -0.3 is 14.8 Å². The number of ether oxygens (including phenoxy) is 2. The van der Waals surface area contributed by atoms with Gasteiger partial charge in [0.25, 0.3) is 5.91 Å². The molecule has 0 unspecified atom stereocenters. The Morgan fingerprint density at radius 3 is 2.65 bits per heavy atom. The van der Waals surface area contributed by atoms with E-state index in [4.69, 9.17) is 9.47 Å². The van der Waals surface area contributed by atoms with Gasteiger partial charge in [0, 0.05) is 17.8 Å². The molecule has 0 radical (unpaired) electrons. The minimum absolute atomic E-state index is 0.279. The summed E-state index contributed by atoms with van der Waals surface area (Å²) < 4.78 is 14.2. The predicted octanol–water partition coefficient (Wildman–Crippen LogP) is 3.09. The van der Waals surface area contributed by atoms with Crippen LogP contribution in [0.5, 0.6) is 11.5 Å². The summed E-state index contributed by atoms with van der Waals surface area (Å²) in [6.45, 7) is 2.23. The summed E-state index contributed by atoms with van der Waals surface area (Å²) in [5, 5.41) is 11.6. The normalized spacial score (nSPS) is 10.7. The smallest absolute Gasteiger partial charge is 0.260 e. The van der Waals surface area contributed by atoms with E-state index in [0.717, 1.165) is 5.56 Å². The van der Waals surface area contributed by atoms with Crippen LogP contribution in [0.2, 0.25) is 0 Å². The van der Waals surface area contributed by atoms with E-state index in [-0.39, 0.29) is 5.91 Å². The fourth-order valence-corrected chi connectivity index (χ4v) is 3.33. The van der Waals surface area contributed by atoms with Crippen molar-refractivity contribution in [2.45, 2.75) is 13.5 Å². The average Bonchev–Trinajstić information content (AvgIpc) is 3.40. The van der Waals surface area contributed by atoms with Crippen LogP contribution in [0.15, 0.2) is 61.1 Å². The van der Waals surface area contributed by atoms with E-state index in [0.29, 0.717) is 40.9 Å². The van der Waals surface area contributed by atoms with Crippen molar-refractivity contribution in [3.8, 4) is 17.3 Å². The van der Waals surface area contributed by atoms with Gasteiger partial charge in [0.05, 0.1) is 44.4 Å². The molecule has 0 aliphatic rings. The van der Waals surface area contributed by atoms with Crippen LogP contribution in [0.1, 0.15) is 21.6 Å². The molecule has 9 nitrogen and oxygen atoms in total. The van der Waals surface area contributed by atoms with Crippen molar-refractivity contribution in [3.05, 3.63) is 77.9 Å². The van der Waals surface area contributed by atoms with Gasteiger partial charge in [0.1, 0.15) is 5.82 Å². The maximum atomic E-state index is 12.9. The molecule has 0 aliphatic heterocycles. The number of pyridine rings is 1. The maximum absolute atomic E-state index is 12.9. The molecular weight excluding hydrogens is 396 g/mol. The molecule has 4 rings (SSSR count). The van der Waals surface area contributed by atoms with Gasteiger partial charge in [-0.05, 0) is 25.1 Å². The third kappa shape index (κ3) is 3.97. The highest BCUT2D eigenvalue weighted by atomic mass is 16.5. The zero-order chi connectivity index (χ0) is 21.8. The lowest BCUT2D eigenvalue weighted by molar-refractivity contribution is 0.102. The van der Waals surface area contributed by atoms with Gasteiger partial charge in [-0.2, -0.15) is 10.2 Å². The summed E-state index contributed by atoms with van der Waals surface area (Å²) >= 11 is 0. The number of anilines is 1. The highest BCUT2D eigenvalue weighted by molar-refractivity contribution is 6.04. The zero-order valence-corrected chi connectivity index (χ0v) is 17.4. The van der Waals surface area contributed by atoms with Crippen LogP contribution < -0.4 is 14.8 Å². The molecule has 0 bridgehead atoms. The molecule has 0 saturated heterocycles. The molecule has 1 amide bonds. The number of aromatic nitrogens is 5. The summed E-state index contributed by atoms with van der Waals surface area (Å²) in [6.07, 6.45) is 4.85. The van der Waals surface area contributed by atoms with Gasteiger partial charge in [-0.15, -0.1) is 0 Å². The molecular formula is C22H22N6O3. The molecule has 158 valence electrons. The number of amides is 1. The minimum Gasteiger partial charge on any atom is -0.493 e. The van der Waals surface area contributed by atoms with Crippen molar-refractivity contribution in [1.29, 1.82) is 0 Å². The van der Waals surface area contributed by atoms with E-state index in [9.17, 15) is 4.79 Å². The van der Waals surface area contributed by atoms with E-state index in [1.807, 2.05) is 43.3 Å². The topological polar surface area (TPSA) is 96.1 Å². The van der Waals surface area contributed by atoms with E-state index >= 15 is 0 Å². The summed E-state index contributed by atoms with van der Waals surface area (Å²) in [6, 6.07) is 12.9. The van der Waals surface area contributed by atoms with Crippen molar-refractivity contribution in [1.82, 2.24) is 24.5 Å². The Kier molecular flexibility index (Phi) is 5.65. The number of hydrogen-bond acceptors (Lipinski definition) is 6. The number of nitrogens with one attached hydrogen (secondary N) is 1. The molecule has 3 aromatic heterocycles. The standard InChI is InChI=1S/C22H22N6O3/c1-15-17(13-25-28(15)19-9-4-5-11-23-19)22(29)26-20-10-12-24-27(20)14-16-7-6-8-18(30-2)21(16)31-3/h4-13H,14H2,1-3H3,(H,26,29). The van der Waals surface area contributed by atoms with Crippen molar-refractivity contribution in [2.75, 3.05) is 19.5 Å². The molecule has 1 aromatic carbocycles. The monoisotopic (exact) mass is 418 g/mol. The molecule has 0 fully saturated rings. The molecule has 1 N–H and O–H groups in total. The number of methoxy groups -OCH3 is 2. The van der Waals surface area contributed by atoms with Crippen LogP contribution in [-0.4, -0.2) is 44.7 Å². The first-order valence-corrected chi connectivity index (χ1v) is 9.61. The molecule has 0 aliphatic carbocycles. The van der Waals surface area contributed by atoms with Crippen molar-refractivity contribution in [2.24, 2.45) is 0 Å². The van der Waals surface area contributed by atoms with E-state index in [1.165, 1.54) is 6.20 Å². The van der Waals surface area contributed by atoms with E-state index in [2.05, 4.69) is 20.5 Å². The second-order valence-electron chi connectivity index (χ2n) is 6.72. The summed E-state index contributed by atoms with van der Waals surface area (Å²) in [5.41, 5.74) is 2.02. The number of hydrogen-bond donors (Lipinski definition) is 1. The van der Waals surface area contributed by atoms with Gasteiger partial charge in [0.2, 0.25) is 0 Å². The van der Waals surface area contributed by atoms with Crippen LogP contribution in [0.4, 0.5) is 5.82 Å². The van der Waals surface area contributed by atoms with Crippen molar-refractivity contribution < 1.29 is 14.3 Å². The number of carbonyl (C=O) groups is 1. The van der Waals surface area contributed by atoms with Gasteiger partial charge in [-0.25, -0.2) is 14.3 Å². The Morgan fingerprint density at radius 2 is 1.90 bits per heavy atom. The fourth-order valence-electron chi connectivity index (χ4n) is 3.33. The number of nitrogens with zero attached hydrogens (tertiary/aromatic N) is 5. The molecule has 0 atom stereocenters. The SMILES string of the molecule is COc1cccc(Cn2nccc2NC(=O)c2cnn(-c3ccccn3)c2C)c1OC. The van der Waals surface area contributed by atoms with Gasteiger partial charge in [-0.3, -0.25) is 4.79 Å². The lowest BCUT2D eigenvalue weighted by Crippen LogP contribution is -2.17. The van der Waals surface area contributed by atoms with Gasteiger partial charge in [0.15, 0.2) is 17.3 Å². The lowest BCUT2D eigenvalue weighted by Gasteiger charge is -2.14. The first kappa shape index (κ1) is 20.1. The molecule has 0 spiro atoms. The third-order valence-electron chi connectivity index (χ3n) is 4.88. The summed E-state index contributed by atoms with van der Waals surface area (Å²) in [5.74, 6) is 2.19. The number of carbonyl (C=O) groups excluding carboxylic acids is 1. The second-order valence-corrected chi connectivity index (χ2v) is 6.72. The Bertz CT molecular complexity index is 1200. The zero-order valence-electron chi connectivity index (χ0n) is 17.4. The molecule has 9 heteroatoms. The average molecular weight is 418 g/mol. The fraction of sp³-hybridized carbons (Fsp3) is 0.182. The number of para-hydroxylation sites is 1. The first-order valence-electron chi connectivity index (χ1n) is 9.61. The van der Waals surface area contributed by atoms with Crippen molar-refractivity contribution in [3.63, 3.8) is 0 Å². The van der Waals surface area contributed by atoms with Crippen LogP contribution >= 0.6 is 0 Å². The Morgan fingerprint density at radius 1 is 1.03 bits per heavy atom. The van der Waals surface area contributed by atoms with E-state index in [1.54, 1.807) is 42.0 Å². The Balaban J connectivity index is 1.56. The maximum Gasteiger partial charge on any atom is 0.260 e. The largest absolute Gasteiger partial charge is 0.493 e. The molecule has 0 saturated carbocycles. The quantitative estimate of drug-likeness (QED) is 0.495. The number of benzene rings is 1. The Labute approximate surface area is 179 Å². The summed E-state index contributed by atoms with van der Waals surface area (Å²) in [4.78, 5) is 17.2. The molecule has 31 heavy (non-hydrogen) atoms. The second kappa shape index (κ2) is 8.70. The summed E-state index contributed by atoms with van der Waals surface area (Å²) in [7, 11) is 3.18. The first-order chi connectivity index (χ1) is 15.1. The Hall–Kier alpha value is -4.14. The van der Waals surface area contributed by atoms with Gasteiger partial charge in [-0.1, -0.05) is 18.2 Å². The minimum atomic E-state index is -0.279. The third-order valence-corrected chi connectivity index (χ3v) is 4.88. The van der Waals surface area contributed by atoms with Gasteiger partial charge >= 0.3 is 0 Å². The highest BCUT2D eigenvalue weighted by Gasteiger charge is 2.18. The van der Waals surface area contributed by atoms with Crippen LogP contribution in [0.25, 0.3) is 5.82 Å². The lowest BCUT2D eigenvalue weighted by atomic mass is 10.2. The van der Waals surface area contributed by atoms with Crippen LogP contribution in [-0.2, 0) is 6.54 Å².